The second-order valence-electron chi connectivity index (χ2n) is 6.53. The Morgan fingerprint density at radius 3 is 2.22 bits per heavy atom. The summed E-state index contributed by atoms with van der Waals surface area (Å²) < 4.78 is 18.1. The van der Waals surface area contributed by atoms with E-state index >= 15 is 0 Å². The highest BCUT2D eigenvalue weighted by atomic mass is 32.2. The van der Waals surface area contributed by atoms with Gasteiger partial charge in [0, 0.05) is 22.1 Å². The van der Waals surface area contributed by atoms with Crippen LogP contribution >= 0.6 is 0 Å². The molecule has 0 bridgehead atoms. The third-order valence-electron chi connectivity index (χ3n) is 4.12. The zero-order chi connectivity index (χ0) is 19.4. The molecule has 1 amide bonds. The summed E-state index contributed by atoms with van der Waals surface area (Å²) >= 11 is 0. The van der Waals surface area contributed by atoms with Crippen LogP contribution in [0.2, 0.25) is 0 Å². The molecule has 1 N–H and O–H groups in total. The highest BCUT2D eigenvalue weighted by Gasteiger charge is 2.16. The molecule has 0 saturated heterocycles. The molecule has 0 aliphatic carbocycles. The minimum Gasteiger partial charge on any atom is -0.441 e. The lowest BCUT2D eigenvalue weighted by molar-refractivity contribution is -0.113. The number of carbonyl (C=O) groups is 1. The molecule has 140 valence electrons. The van der Waals surface area contributed by atoms with E-state index < -0.39 is 10.8 Å². The second-order valence-corrected chi connectivity index (χ2v) is 7.99. The van der Waals surface area contributed by atoms with Gasteiger partial charge in [-0.3, -0.25) is 9.00 Å². The fraction of sp³-hybridized carbons (Fsp3) is 0.238. The maximum Gasteiger partial charge on any atom is 0.237 e. The van der Waals surface area contributed by atoms with Crippen LogP contribution in [0.1, 0.15) is 22.6 Å². The SMILES string of the molecule is Cc1ccc(NC(=O)C[S@@](=O)Cc2nc(-c3ccc(C)cc3)oc2C)cc1. The highest BCUT2D eigenvalue weighted by Crippen LogP contribution is 2.23. The third-order valence-corrected chi connectivity index (χ3v) is 5.30. The van der Waals surface area contributed by atoms with Gasteiger partial charge in [-0.1, -0.05) is 35.4 Å². The first-order valence-electron chi connectivity index (χ1n) is 8.65. The number of amides is 1. The number of rotatable bonds is 6. The Hall–Kier alpha value is -2.73. The van der Waals surface area contributed by atoms with E-state index in [-0.39, 0.29) is 17.4 Å². The summed E-state index contributed by atoms with van der Waals surface area (Å²) in [7, 11) is -1.37. The van der Waals surface area contributed by atoms with E-state index in [0.29, 0.717) is 23.0 Å². The van der Waals surface area contributed by atoms with Gasteiger partial charge in [-0.25, -0.2) is 4.98 Å². The first-order valence-corrected chi connectivity index (χ1v) is 10.1. The first kappa shape index (κ1) is 19.0. The first-order chi connectivity index (χ1) is 12.9. The number of aromatic nitrogens is 1. The zero-order valence-electron chi connectivity index (χ0n) is 15.6. The molecule has 0 aliphatic heterocycles. The van der Waals surface area contributed by atoms with Crippen molar-refractivity contribution in [2.24, 2.45) is 0 Å². The Kier molecular flexibility index (Phi) is 5.86. The molecule has 1 heterocycles. The lowest BCUT2D eigenvalue weighted by Crippen LogP contribution is -2.20. The van der Waals surface area contributed by atoms with Gasteiger partial charge in [-0.05, 0) is 45.0 Å². The van der Waals surface area contributed by atoms with E-state index in [1.807, 2.05) is 62.4 Å². The molecule has 1 atom stereocenters. The molecule has 0 spiro atoms. The predicted octanol–water partition coefficient (Wildman–Crippen LogP) is 4.15. The molecule has 5 nitrogen and oxygen atoms in total. The molecule has 27 heavy (non-hydrogen) atoms. The van der Waals surface area contributed by atoms with Gasteiger partial charge in [-0.2, -0.15) is 0 Å². The van der Waals surface area contributed by atoms with Crippen molar-refractivity contribution in [3.05, 3.63) is 71.1 Å². The number of carbonyl (C=O) groups excluding carboxylic acids is 1. The maximum atomic E-state index is 12.4. The smallest absolute Gasteiger partial charge is 0.237 e. The lowest BCUT2D eigenvalue weighted by Gasteiger charge is -2.05. The van der Waals surface area contributed by atoms with Crippen LogP contribution in [0, 0.1) is 20.8 Å². The average Bonchev–Trinajstić information content (AvgIpc) is 2.98. The molecule has 1 aromatic heterocycles. The van der Waals surface area contributed by atoms with E-state index in [4.69, 9.17) is 4.42 Å². The summed E-state index contributed by atoms with van der Waals surface area (Å²) in [6.07, 6.45) is 0. The van der Waals surface area contributed by atoms with Gasteiger partial charge in [0.1, 0.15) is 11.5 Å². The van der Waals surface area contributed by atoms with Crippen LogP contribution in [0.5, 0.6) is 0 Å². The standard InChI is InChI=1S/C21H22N2O3S/c1-14-4-8-17(9-5-14)21-23-19(16(3)26-21)12-27(25)13-20(24)22-18-10-6-15(2)7-11-18/h4-11H,12-13H2,1-3H3,(H,22,24)/t27-/m0/s1. The van der Waals surface area contributed by atoms with Crippen LogP contribution < -0.4 is 5.32 Å². The van der Waals surface area contributed by atoms with Crippen molar-refractivity contribution in [2.75, 3.05) is 11.1 Å². The fourth-order valence-corrected chi connectivity index (χ4v) is 3.60. The molecule has 3 aromatic rings. The number of hydrogen-bond donors (Lipinski definition) is 1. The maximum absolute atomic E-state index is 12.4. The number of aryl methyl sites for hydroxylation is 3. The van der Waals surface area contributed by atoms with Gasteiger partial charge in [-0.15, -0.1) is 0 Å². The van der Waals surface area contributed by atoms with Crippen LogP contribution in [0.4, 0.5) is 5.69 Å². The van der Waals surface area contributed by atoms with Crippen molar-refractivity contribution in [3.63, 3.8) is 0 Å². The number of nitrogens with one attached hydrogen (secondary N) is 1. The Morgan fingerprint density at radius 1 is 1.00 bits per heavy atom. The van der Waals surface area contributed by atoms with Crippen molar-refractivity contribution in [3.8, 4) is 11.5 Å². The van der Waals surface area contributed by atoms with Gasteiger partial charge in [0.15, 0.2) is 0 Å². The molecule has 2 aromatic carbocycles. The second kappa shape index (κ2) is 8.31. The number of hydrogen-bond acceptors (Lipinski definition) is 4. The van der Waals surface area contributed by atoms with Crippen molar-refractivity contribution in [1.82, 2.24) is 4.98 Å². The molecule has 0 unspecified atom stereocenters. The number of anilines is 1. The topological polar surface area (TPSA) is 72.2 Å². The molecular weight excluding hydrogens is 360 g/mol. The minimum absolute atomic E-state index is 0.0833. The van der Waals surface area contributed by atoms with E-state index in [9.17, 15) is 9.00 Å². The molecular formula is C21H22N2O3S. The van der Waals surface area contributed by atoms with Gasteiger partial charge in [0.2, 0.25) is 11.8 Å². The zero-order valence-corrected chi connectivity index (χ0v) is 16.4. The van der Waals surface area contributed by atoms with E-state index in [0.717, 1.165) is 16.7 Å². The van der Waals surface area contributed by atoms with E-state index in [1.54, 1.807) is 6.92 Å². The molecule has 0 aliphatic rings. The Balaban J connectivity index is 1.61. The summed E-state index contributed by atoms with van der Waals surface area (Å²) in [5, 5.41) is 2.76. The third kappa shape index (κ3) is 5.14. The van der Waals surface area contributed by atoms with Gasteiger partial charge in [0.25, 0.3) is 0 Å². The largest absolute Gasteiger partial charge is 0.441 e. The number of benzene rings is 2. The predicted molar refractivity (Wildman–Crippen MR) is 108 cm³/mol. The minimum atomic E-state index is -1.37. The molecule has 3 rings (SSSR count). The Labute approximate surface area is 161 Å². The van der Waals surface area contributed by atoms with Gasteiger partial charge >= 0.3 is 0 Å². The molecule has 6 heteroatoms. The summed E-state index contributed by atoms with van der Waals surface area (Å²) in [6, 6.07) is 15.3. The average molecular weight is 382 g/mol. The van der Waals surface area contributed by atoms with Crippen LogP contribution in [0.3, 0.4) is 0 Å². The quantitative estimate of drug-likeness (QED) is 0.695. The monoisotopic (exact) mass is 382 g/mol. The summed E-state index contributed by atoms with van der Waals surface area (Å²) in [5.74, 6) is 0.946. The highest BCUT2D eigenvalue weighted by molar-refractivity contribution is 7.84. The summed E-state index contributed by atoms with van der Waals surface area (Å²) in [6.45, 7) is 5.79. The van der Waals surface area contributed by atoms with E-state index in [2.05, 4.69) is 10.3 Å². The Bertz CT molecular complexity index is 960. The van der Waals surface area contributed by atoms with Crippen molar-refractivity contribution < 1.29 is 13.4 Å². The number of oxazole rings is 1. The van der Waals surface area contributed by atoms with Gasteiger partial charge in [0.05, 0.1) is 11.4 Å². The molecule has 0 fully saturated rings. The molecule has 0 radical (unpaired) electrons. The van der Waals surface area contributed by atoms with Crippen LogP contribution in [-0.4, -0.2) is 20.9 Å². The van der Waals surface area contributed by atoms with Crippen LogP contribution in [0.15, 0.2) is 52.9 Å². The van der Waals surface area contributed by atoms with Crippen molar-refractivity contribution in [1.29, 1.82) is 0 Å². The fourth-order valence-electron chi connectivity index (χ4n) is 2.57. The van der Waals surface area contributed by atoms with Crippen LogP contribution in [-0.2, 0) is 21.3 Å². The summed E-state index contributed by atoms with van der Waals surface area (Å²) in [5.41, 5.74) is 4.46. The van der Waals surface area contributed by atoms with Crippen molar-refractivity contribution >= 4 is 22.4 Å². The van der Waals surface area contributed by atoms with E-state index in [1.165, 1.54) is 0 Å². The van der Waals surface area contributed by atoms with Crippen LogP contribution in [0.25, 0.3) is 11.5 Å². The normalized spacial score (nSPS) is 12.0. The summed E-state index contributed by atoms with van der Waals surface area (Å²) in [4.78, 5) is 16.6. The lowest BCUT2D eigenvalue weighted by atomic mass is 10.1. The molecule has 0 saturated carbocycles. The number of nitrogens with zero attached hydrogens (tertiary/aromatic N) is 1. The van der Waals surface area contributed by atoms with Crippen molar-refractivity contribution in [2.45, 2.75) is 26.5 Å². The Morgan fingerprint density at radius 2 is 1.59 bits per heavy atom. The van der Waals surface area contributed by atoms with Gasteiger partial charge < -0.3 is 9.73 Å².